The fourth-order valence-corrected chi connectivity index (χ4v) is 3.12. The summed E-state index contributed by atoms with van der Waals surface area (Å²) >= 11 is 2.40. The van der Waals surface area contributed by atoms with E-state index in [-0.39, 0.29) is 17.6 Å². The second-order valence-corrected chi connectivity index (χ2v) is 6.35. The van der Waals surface area contributed by atoms with Crippen molar-refractivity contribution in [1.82, 2.24) is 10.2 Å². The minimum absolute atomic E-state index is 0.151. The van der Waals surface area contributed by atoms with Crippen molar-refractivity contribution in [3.8, 4) is 5.75 Å². The highest BCUT2D eigenvalue weighted by atomic mass is 32.2. The lowest BCUT2D eigenvalue weighted by Gasteiger charge is -2.04. The zero-order valence-corrected chi connectivity index (χ0v) is 14.2. The normalized spacial score (nSPS) is 10.2. The maximum absolute atomic E-state index is 12.1. The molecule has 1 heterocycles. The molecule has 0 aliphatic rings. The molecule has 0 unspecified atom stereocenters. The molecule has 1 aromatic heterocycles. The summed E-state index contributed by atoms with van der Waals surface area (Å²) in [6.45, 7) is 2.47. The molecule has 1 N–H and O–H groups in total. The van der Waals surface area contributed by atoms with Gasteiger partial charge in [-0.25, -0.2) is 0 Å². The van der Waals surface area contributed by atoms with Gasteiger partial charge >= 0.3 is 5.97 Å². The van der Waals surface area contributed by atoms with E-state index in [0.29, 0.717) is 27.4 Å². The molecule has 9 heteroatoms. The fourth-order valence-electron chi connectivity index (χ4n) is 1.54. The summed E-state index contributed by atoms with van der Waals surface area (Å²) < 4.78 is 10.5. The third-order valence-corrected chi connectivity index (χ3v) is 4.54. The number of hydrogen-bond acceptors (Lipinski definition) is 8. The van der Waals surface area contributed by atoms with Gasteiger partial charge in [0.2, 0.25) is 5.13 Å². The van der Waals surface area contributed by atoms with Gasteiger partial charge in [-0.2, -0.15) is 0 Å². The van der Waals surface area contributed by atoms with Crippen LogP contribution in [0, 0.1) is 0 Å². The van der Waals surface area contributed by atoms with Crippen LogP contribution in [0.15, 0.2) is 28.6 Å². The Bertz CT molecular complexity index is 673. The molecule has 23 heavy (non-hydrogen) atoms. The van der Waals surface area contributed by atoms with E-state index in [1.54, 1.807) is 24.3 Å². The van der Waals surface area contributed by atoms with Gasteiger partial charge in [0, 0.05) is 5.56 Å². The zero-order valence-electron chi connectivity index (χ0n) is 12.6. The van der Waals surface area contributed by atoms with Crippen molar-refractivity contribution in [3.05, 3.63) is 29.8 Å². The minimum atomic E-state index is -0.342. The molecule has 0 fully saturated rings. The van der Waals surface area contributed by atoms with Gasteiger partial charge in [-0.3, -0.25) is 14.9 Å². The van der Waals surface area contributed by atoms with E-state index >= 15 is 0 Å². The summed E-state index contributed by atoms with van der Waals surface area (Å²) in [5, 5.41) is 10.8. The van der Waals surface area contributed by atoms with Crippen LogP contribution in [-0.2, 0) is 9.53 Å². The summed E-state index contributed by atoms with van der Waals surface area (Å²) in [4.78, 5) is 23.2. The van der Waals surface area contributed by atoms with Crippen LogP contribution in [-0.4, -0.2) is 41.5 Å². The number of nitrogens with one attached hydrogen (secondary N) is 1. The number of nitrogens with zero attached hydrogens (tertiary/aromatic N) is 2. The fraction of sp³-hybridized carbons (Fsp3) is 0.286. The number of benzene rings is 1. The van der Waals surface area contributed by atoms with E-state index in [0.717, 1.165) is 0 Å². The molecule has 0 radical (unpaired) electrons. The summed E-state index contributed by atoms with van der Waals surface area (Å²) in [6, 6.07) is 6.81. The molecular weight excluding hydrogens is 338 g/mol. The number of thioether (sulfide) groups is 1. The molecule has 0 saturated carbocycles. The molecule has 0 spiro atoms. The lowest BCUT2D eigenvalue weighted by Crippen LogP contribution is -2.11. The predicted octanol–water partition coefficient (Wildman–Crippen LogP) is 2.45. The number of esters is 1. The highest BCUT2D eigenvalue weighted by Crippen LogP contribution is 2.25. The molecule has 1 amide bonds. The Labute approximate surface area is 141 Å². The number of ether oxygens (including phenoxy) is 2. The van der Waals surface area contributed by atoms with Crippen LogP contribution in [0.1, 0.15) is 17.3 Å². The van der Waals surface area contributed by atoms with E-state index in [9.17, 15) is 9.59 Å². The number of aromatic nitrogens is 2. The number of amides is 1. The van der Waals surface area contributed by atoms with Crippen molar-refractivity contribution in [2.45, 2.75) is 11.3 Å². The molecule has 122 valence electrons. The largest absolute Gasteiger partial charge is 0.494 e. The van der Waals surface area contributed by atoms with Gasteiger partial charge in [-0.15, -0.1) is 10.2 Å². The van der Waals surface area contributed by atoms with Crippen molar-refractivity contribution >= 4 is 40.1 Å². The molecule has 0 atom stereocenters. The number of carbonyl (C=O) groups excluding carboxylic acids is 2. The van der Waals surface area contributed by atoms with Crippen LogP contribution in [0.3, 0.4) is 0 Å². The molecule has 0 saturated heterocycles. The molecule has 0 bridgehead atoms. The van der Waals surface area contributed by atoms with Crippen LogP contribution >= 0.6 is 23.1 Å². The predicted molar refractivity (Wildman–Crippen MR) is 88.2 cm³/mol. The van der Waals surface area contributed by atoms with Crippen molar-refractivity contribution in [1.29, 1.82) is 0 Å². The standard InChI is InChI=1S/C14H15N3O4S2/c1-3-21-10-6-4-9(5-7-10)12(19)15-13-16-17-14(23-13)22-8-11(18)20-2/h4-7H,3,8H2,1-2H3,(H,15,16,19). The van der Waals surface area contributed by atoms with Gasteiger partial charge in [-0.05, 0) is 31.2 Å². The summed E-state index contributed by atoms with van der Waals surface area (Å²) in [5.41, 5.74) is 0.493. The molecule has 0 aliphatic carbocycles. The van der Waals surface area contributed by atoms with Gasteiger partial charge < -0.3 is 9.47 Å². The Hall–Kier alpha value is -2.13. The molecule has 7 nitrogen and oxygen atoms in total. The average Bonchev–Trinajstić information content (AvgIpc) is 3.01. The second-order valence-electron chi connectivity index (χ2n) is 4.15. The Balaban J connectivity index is 1.92. The van der Waals surface area contributed by atoms with Crippen LogP contribution in [0.5, 0.6) is 5.75 Å². The summed E-state index contributed by atoms with van der Waals surface area (Å²) in [6.07, 6.45) is 0. The van der Waals surface area contributed by atoms with E-state index in [1.165, 1.54) is 30.2 Å². The Morgan fingerprint density at radius 1 is 1.26 bits per heavy atom. The first-order valence-electron chi connectivity index (χ1n) is 6.69. The van der Waals surface area contributed by atoms with Crippen LogP contribution in [0.2, 0.25) is 0 Å². The maximum atomic E-state index is 12.1. The topological polar surface area (TPSA) is 90.4 Å². The van der Waals surface area contributed by atoms with E-state index in [2.05, 4.69) is 20.3 Å². The monoisotopic (exact) mass is 353 g/mol. The van der Waals surface area contributed by atoms with Crippen LogP contribution < -0.4 is 10.1 Å². The lowest BCUT2D eigenvalue weighted by atomic mass is 10.2. The Morgan fingerprint density at radius 2 is 2.00 bits per heavy atom. The van der Waals surface area contributed by atoms with E-state index in [1.807, 2.05) is 6.92 Å². The van der Waals surface area contributed by atoms with Gasteiger partial charge in [0.15, 0.2) is 4.34 Å². The van der Waals surface area contributed by atoms with Crippen LogP contribution in [0.25, 0.3) is 0 Å². The third-order valence-electron chi connectivity index (χ3n) is 2.60. The van der Waals surface area contributed by atoms with Gasteiger partial charge in [0.05, 0.1) is 19.5 Å². The van der Waals surface area contributed by atoms with Crippen molar-refractivity contribution in [2.75, 3.05) is 24.8 Å². The van der Waals surface area contributed by atoms with Gasteiger partial charge in [0.25, 0.3) is 5.91 Å². The number of anilines is 1. The second kappa shape index (κ2) is 8.49. The van der Waals surface area contributed by atoms with E-state index in [4.69, 9.17) is 4.74 Å². The minimum Gasteiger partial charge on any atom is -0.494 e. The van der Waals surface area contributed by atoms with Gasteiger partial charge in [-0.1, -0.05) is 23.1 Å². The maximum Gasteiger partial charge on any atom is 0.316 e. The van der Waals surface area contributed by atoms with Crippen LogP contribution in [0.4, 0.5) is 5.13 Å². The third kappa shape index (κ3) is 5.22. The first-order valence-corrected chi connectivity index (χ1v) is 8.50. The van der Waals surface area contributed by atoms with Gasteiger partial charge in [0.1, 0.15) is 5.75 Å². The number of carbonyl (C=O) groups is 2. The molecule has 2 rings (SSSR count). The summed E-state index contributed by atoms with van der Waals surface area (Å²) in [5.74, 6) is 0.234. The molecular formula is C14H15N3O4S2. The first-order chi connectivity index (χ1) is 11.1. The van der Waals surface area contributed by atoms with E-state index < -0.39 is 0 Å². The SMILES string of the molecule is CCOc1ccc(C(=O)Nc2nnc(SCC(=O)OC)s2)cc1. The van der Waals surface area contributed by atoms with Crippen molar-refractivity contribution in [3.63, 3.8) is 0 Å². The highest BCUT2D eigenvalue weighted by molar-refractivity contribution is 8.01. The van der Waals surface area contributed by atoms with Crippen molar-refractivity contribution < 1.29 is 19.1 Å². The molecule has 2 aromatic rings. The lowest BCUT2D eigenvalue weighted by molar-refractivity contribution is -0.137. The number of rotatable bonds is 7. The highest BCUT2D eigenvalue weighted by Gasteiger charge is 2.12. The molecule has 1 aromatic carbocycles. The summed E-state index contributed by atoms with van der Waals surface area (Å²) in [7, 11) is 1.32. The Kier molecular flexibility index (Phi) is 6.36. The number of hydrogen-bond donors (Lipinski definition) is 1. The molecule has 0 aliphatic heterocycles. The zero-order chi connectivity index (χ0) is 16.7. The first kappa shape index (κ1) is 17.2. The van der Waals surface area contributed by atoms with Crippen molar-refractivity contribution in [2.24, 2.45) is 0 Å². The Morgan fingerprint density at radius 3 is 2.65 bits per heavy atom. The number of methoxy groups -OCH3 is 1. The average molecular weight is 353 g/mol. The smallest absolute Gasteiger partial charge is 0.316 e. The quantitative estimate of drug-likeness (QED) is 0.464.